The summed E-state index contributed by atoms with van der Waals surface area (Å²) in [4.78, 5) is 43.4. The Morgan fingerprint density at radius 1 is 1.15 bits per heavy atom. The molecular formula is C19H14N4O4. The quantitative estimate of drug-likeness (QED) is 0.421. The van der Waals surface area contributed by atoms with Gasteiger partial charge in [0.25, 0.3) is 5.69 Å². The first-order chi connectivity index (χ1) is 13.0. The van der Waals surface area contributed by atoms with Crippen LogP contribution in [0.4, 0.5) is 11.5 Å². The highest BCUT2D eigenvalue weighted by atomic mass is 16.6. The second kappa shape index (κ2) is 6.56. The third-order valence-electron chi connectivity index (χ3n) is 4.46. The molecule has 0 unspecified atom stereocenters. The molecule has 27 heavy (non-hydrogen) atoms. The van der Waals surface area contributed by atoms with Gasteiger partial charge < -0.3 is 5.32 Å². The average Bonchev–Trinajstić information content (AvgIpc) is 2.69. The van der Waals surface area contributed by atoms with Crippen molar-refractivity contribution in [3.8, 4) is 0 Å². The van der Waals surface area contributed by atoms with E-state index in [0.717, 1.165) is 0 Å². The van der Waals surface area contributed by atoms with Crippen LogP contribution in [0.1, 0.15) is 33.0 Å². The lowest BCUT2D eigenvalue weighted by Crippen LogP contribution is -2.21. The summed E-state index contributed by atoms with van der Waals surface area (Å²) in [6.45, 7) is 0.185. The molecule has 0 fully saturated rings. The van der Waals surface area contributed by atoms with Gasteiger partial charge in [0.15, 0.2) is 11.6 Å². The van der Waals surface area contributed by atoms with E-state index >= 15 is 0 Å². The molecule has 0 saturated carbocycles. The number of carbonyl (C=O) groups excluding carboxylic acids is 2. The first kappa shape index (κ1) is 16.8. The molecule has 1 N–H and O–H groups in total. The van der Waals surface area contributed by atoms with Crippen LogP contribution in [0.2, 0.25) is 0 Å². The smallest absolute Gasteiger partial charge is 0.269 e. The number of Topliss-reactive ketones (excluding diaryl/α,β-unsaturated/α-hetero) is 2. The molecule has 0 bridgehead atoms. The van der Waals surface area contributed by atoms with Gasteiger partial charge in [-0.25, -0.2) is 9.97 Å². The van der Waals surface area contributed by atoms with Crippen LogP contribution in [-0.2, 0) is 6.42 Å². The summed E-state index contributed by atoms with van der Waals surface area (Å²) >= 11 is 0. The first-order valence-corrected chi connectivity index (χ1v) is 8.37. The molecule has 0 atom stereocenters. The molecule has 0 aliphatic carbocycles. The number of aromatic nitrogens is 2. The summed E-state index contributed by atoms with van der Waals surface area (Å²) in [7, 11) is 0. The zero-order valence-electron chi connectivity index (χ0n) is 14.1. The summed E-state index contributed by atoms with van der Waals surface area (Å²) in [5.74, 6) is 0.969. The number of anilines is 1. The van der Waals surface area contributed by atoms with Crippen molar-refractivity contribution in [2.75, 3.05) is 11.9 Å². The van der Waals surface area contributed by atoms with Gasteiger partial charge >= 0.3 is 0 Å². The molecule has 134 valence electrons. The lowest BCUT2D eigenvalue weighted by atomic mass is 10.0. The van der Waals surface area contributed by atoms with E-state index in [2.05, 4.69) is 15.3 Å². The Balaban J connectivity index is 1.55. The Hall–Kier alpha value is -3.68. The highest BCUT2D eigenvalue weighted by Crippen LogP contribution is 2.28. The van der Waals surface area contributed by atoms with Crippen molar-refractivity contribution in [2.45, 2.75) is 12.8 Å². The van der Waals surface area contributed by atoms with Crippen LogP contribution in [0.25, 0.3) is 10.9 Å². The number of nitro benzene ring substituents is 1. The Kier molecular flexibility index (Phi) is 4.08. The number of nitro groups is 1. The van der Waals surface area contributed by atoms with Gasteiger partial charge in [0, 0.05) is 36.1 Å². The summed E-state index contributed by atoms with van der Waals surface area (Å²) in [6.07, 6.45) is 0.514. The summed E-state index contributed by atoms with van der Waals surface area (Å²) in [6, 6.07) is 10.9. The number of ketones is 2. The number of nitrogens with one attached hydrogen (secondary N) is 1. The third kappa shape index (κ3) is 3.12. The van der Waals surface area contributed by atoms with Crippen molar-refractivity contribution < 1.29 is 14.5 Å². The van der Waals surface area contributed by atoms with E-state index in [1.54, 1.807) is 12.1 Å². The van der Waals surface area contributed by atoms with Gasteiger partial charge in [0.1, 0.15) is 11.6 Å². The summed E-state index contributed by atoms with van der Waals surface area (Å²) in [5, 5.41) is 14.4. The van der Waals surface area contributed by atoms with Crippen molar-refractivity contribution in [1.29, 1.82) is 0 Å². The number of rotatable bonds is 5. The predicted molar refractivity (Wildman–Crippen MR) is 98.1 cm³/mol. The van der Waals surface area contributed by atoms with Crippen molar-refractivity contribution in [2.24, 2.45) is 0 Å². The fourth-order valence-corrected chi connectivity index (χ4v) is 3.10. The van der Waals surface area contributed by atoms with E-state index in [1.165, 1.54) is 24.3 Å². The molecule has 8 nitrogen and oxygen atoms in total. The molecule has 3 aromatic rings. The number of non-ortho nitro benzene ring substituents is 1. The second-order valence-corrected chi connectivity index (χ2v) is 6.19. The minimum Gasteiger partial charge on any atom is -0.362 e. The zero-order chi connectivity index (χ0) is 19.0. The average molecular weight is 362 g/mol. The van der Waals surface area contributed by atoms with Gasteiger partial charge in [-0.05, 0) is 18.2 Å². The van der Waals surface area contributed by atoms with Crippen LogP contribution < -0.4 is 5.32 Å². The minimum atomic E-state index is -0.505. The lowest BCUT2D eigenvalue weighted by molar-refractivity contribution is -0.384. The molecule has 1 aliphatic heterocycles. The second-order valence-electron chi connectivity index (χ2n) is 6.19. The van der Waals surface area contributed by atoms with Crippen molar-refractivity contribution >= 4 is 34.0 Å². The summed E-state index contributed by atoms with van der Waals surface area (Å²) in [5.41, 5.74) is 1.62. The Labute approximate surface area is 153 Å². The Bertz CT molecular complexity index is 1090. The zero-order valence-corrected chi connectivity index (χ0v) is 14.1. The van der Waals surface area contributed by atoms with E-state index in [0.29, 0.717) is 40.1 Å². The van der Waals surface area contributed by atoms with Gasteiger partial charge in [-0.2, -0.15) is 0 Å². The van der Waals surface area contributed by atoms with E-state index in [1.807, 2.05) is 6.07 Å². The minimum absolute atomic E-state index is 0.00204. The van der Waals surface area contributed by atoms with Gasteiger partial charge in [0.05, 0.1) is 22.4 Å². The molecule has 0 spiro atoms. The van der Waals surface area contributed by atoms with Crippen LogP contribution in [0.5, 0.6) is 0 Å². The van der Waals surface area contributed by atoms with Crippen LogP contribution in [0, 0.1) is 10.1 Å². The number of hydrogen-bond acceptors (Lipinski definition) is 7. The third-order valence-corrected chi connectivity index (χ3v) is 4.46. The number of aryl methyl sites for hydroxylation is 1. The molecule has 8 heteroatoms. The van der Waals surface area contributed by atoms with Crippen molar-refractivity contribution in [3.05, 3.63) is 69.5 Å². The molecule has 2 aromatic carbocycles. The van der Waals surface area contributed by atoms with Crippen molar-refractivity contribution in [3.63, 3.8) is 0 Å². The molecule has 0 saturated heterocycles. The van der Waals surface area contributed by atoms with E-state index in [-0.39, 0.29) is 30.2 Å². The van der Waals surface area contributed by atoms with Crippen LogP contribution in [0.15, 0.2) is 42.5 Å². The monoisotopic (exact) mass is 362 g/mol. The number of hydrogen-bond donors (Lipinski definition) is 1. The normalized spacial score (nSPS) is 12.7. The molecule has 0 radical (unpaired) electrons. The fourth-order valence-electron chi connectivity index (χ4n) is 3.10. The predicted octanol–water partition coefficient (Wildman–Crippen LogP) is 2.96. The molecule has 2 heterocycles. The largest absolute Gasteiger partial charge is 0.362 e. The standard InChI is InChI=1S/C19H14N4O4/c24-15(11-4-6-12(7-5-11)23(26)27)8-9-17-21-14-3-1-2-13-16(25)10-20-19(22-17)18(13)14/h1-7H,8-10H2,(H,20,21,22). The van der Waals surface area contributed by atoms with Crippen LogP contribution in [0.3, 0.4) is 0 Å². The SMILES string of the molecule is O=C(CCc1nc2c3c(cccc3n1)C(=O)CN2)c1ccc([N+](=O)[O-])cc1. The highest BCUT2D eigenvalue weighted by Gasteiger charge is 2.21. The van der Waals surface area contributed by atoms with E-state index in [4.69, 9.17) is 0 Å². The van der Waals surface area contributed by atoms with Gasteiger partial charge in [-0.3, -0.25) is 19.7 Å². The van der Waals surface area contributed by atoms with Gasteiger partial charge in [-0.1, -0.05) is 12.1 Å². The first-order valence-electron chi connectivity index (χ1n) is 8.37. The lowest BCUT2D eigenvalue weighted by Gasteiger charge is -2.17. The van der Waals surface area contributed by atoms with Gasteiger partial charge in [0.2, 0.25) is 0 Å². The molecule has 1 aliphatic rings. The topological polar surface area (TPSA) is 115 Å². The molecule has 0 amide bonds. The Morgan fingerprint density at radius 2 is 1.93 bits per heavy atom. The van der Waals surface area contributed by atoms with E-state index < -0.39 is 4.92 Å². The fraction of sp³-hybridized carbons (Fsp3) is 0.158. The maximum absolute atomic E-state index is 12.3. The molecule has 4 rings (SSSR count). The molecular weight excluding hydrogens is 348 g/mol. The van der Waals surface area contributed by atoms with E-state index in [9.17, 15) is 19.7 Å². The van der Waals surface area contributed by atoms with Crippen LogP contribution >= 0.6 is 0 Å². The maximum Gasteiger partial charge on any atom is 0.269 e. The van der Waals surface area contributed by atoms with Crippen LogP contribution in [-0.4, -0.2) is 33.0 Å². The number of carbonyl (C=O) groups is 2. The van der Waals surface area contributed by atoms with Gasteiger partial charge in [-0.15, -0.1) is 0 Å². The number of benzene rings is 2. The number of nitrogens with zero attached hydrogens (tertiary/aromatic N) is 3. The van der Waals surface area contributed by atoms with Crippen molar-refractivity contribution in [1.82, 2.24) is 9.97 Å². The highest BCUT2D eigenvalue weighted by molar-refractivity contribution is 6.15. The maximum atomic E-state index is 12.3. The summed E-state index contributed by atoms with van der Waals surface area (Å²) < 4.78 is 0. The Morgan fingerprint density at radius 3 is 2.67 bits per heavy atom. The molecule has 1 aromatic heterocycles.